The van der Waals surface area contributed by atoms with Gasteiger partial charge in [0.05, 0.1) is 0 Å². The van der Waals surface area contributed by atoms with Crippen LogP contribution in [0.25, 0.3) is 0 Å². The molecule has 0 unspecified atom stereocenters. The number of hydrogen-bond acceptors (Lipinski definition) is 2. The van der Waals surface area contributed by atoms with Crippen molar-refractivity contribution >= 4 is 29.2 Å². The molecule has 0 fully saturated rings. The van der Waals surface area contributed by atoms with Crippen LogP contribution >= 0.6 is 23.2 Å². The minimum atomic E-state index is -1.02. The van der Waals surface area contributed by atoms with Gasteiger partial charge in [-0.1, -0.05) is 29.3 Å². The van der Waals surface area contributed by atoms with Crippen LogP contribution in [0, 0.1) is 6.92 Å². The van der Waals surface area contributed by atoms with E-state index >= 15 is 0 Å². The molecule has 0 aliphatic rings. The molecule has 0 spiro atoms. The Bertz CT molecular complexity index is 638. The van der Waals surface area contributed by atoms with Gasteiger partial charge in [0.1, 0.15) is 5.75 Å². The standard InChI is InChI=1S/C16H14Cl2O3/c1-10-2-3-13(18)8-11(10)9-15(16(19)20)21-14-6-4-12(17)5-7-14/h2-8,15H,9H2,1H3,(H,19,20)/t15-/m0/s1. The highest BCUT2D eigenvalue weighted by Gasteiger charge is 2.21. The van der Waals surface area contributed by atoms with Gasteiger partial charge >= 0.3 is 5.97 Å². The number of benzene rings is 2. The van der Waals surface area contributed by atoms with Crippen LogP contribution in [0.2, 0.25) is 10.0 Å². The summed E-state index contributed by atoms with van der Waals surface area (Å²) in [4.78, 5) is 11.4. The highest BCUT2D eigenvalue weighted by atomic mass is 35.5. The number of halogens is 2. The molecule has 5 heteroatoms. The van der Waals surface area contributed by atoms with E-state index < -0.39 is 12.1 Å². The molecule has 110 valence electrons. The number of rotatable bonds is 5. The quantitative estimate of drug-likeness (QED) is 0.887. The van der Waals surface area contributed by atoms with E-state index in [4.69, 9.17) is 27.9 Å². The van der Waals surface area contributed by atoms with Gasteiger partial charge in [0, 0.05) is 16.5 Å². The summed E-state index contributed by atoms with van der Waals surface area (Å²) < 4.78 is 5.53. The zero-order valence-electron chi connectivity index (χ0n) is 11.3. The van der Waals surface area contributed by atoms with E-state index in [1.54, 1.807) is 36.4 Å². The van der Waals surface area contributed by atoms with Crippen molar-refractivity contribution < 1.29 is 14.6 Å². The van der Waals surface area contributed by atoms with E-state index in [0.717, 1.165) is 11.1 Å². The number of aryl methyl sites for hydroxylation is 1. The smallest absolute Gasteiger partial charge is 0.345 e. The average molecular weight is 325 g/mol. The molecule has 1 N–H and O–H groups in total. The summed E-state index contributed by atoms with van der Waals surface area (Å²) in [5.74, 6) is -0.559. The summed E-state index contributed by atoms with van der Waals surface area (Å²) in [5.41, 5.74) is 1.83. The molecular weight excluding hydrogens is 311 g/mol. The lowest BCUT2D eigenvalue weighted by Gasteiger charge is -2.16. The molecule has 0 aliphatic carbocycles. The molecule has 2 aromatic rings. The molecule has 0 amide bonds. The van der Waals surface area contributed by atoms with E-state index in [1.165, 1.54) is 0 Å². The monoisotopic (exact) mass is 324 g/mol. The van der Waals surface area contributed by atoms with Crippen LogP contribution in [0.3, 0.4) is 0 Å². The van der Waals surface area contributed by atoms with Gasteiger partial charge in [0.25, 0.3) is 0 Å². The van der Waals surface area contributed by atoms with E-state index in [0.29, 0.717) is 15.8 Å². The number of carboxylic acid groups (broad SMARTS) is 1. The third kappa shape index (κ3) is 4.38. The van der Waals surface area contributed by atoms with Gasteiger partial charge in [-0.2, -0.15) is 0 Å². The molecule has 0 heterocycles. The fraction of sp³-hybridized carbons (Fsp3) is 0.188. The van der Waals surface area contributed by atoms with Crippen LogP contribution in [0.4, 0.5) is 0 Å². The highest BCUT2D eigenvalue weighted by Crippen LogP contribution is 2.21. The molecule has 0 aliphatic heterocycles. The van der Waals surface area contributed by atoms with Gasteiger partial charge in [-0.3, -0.25) is 0 Å². The Morgan fingerprint density at radius 1 is 1.14 bits per heavy atom. The fourth-order valence-corrected chi connectivity index (χ4v) is 2.24. The molecular formula is C16H14Cl2O3. The molecule has 1 atom stereocenters. The molecule has 0 saturated carbocycles. The fourth-order valence-electron chi connectivity index (χ4n) is 1.92. The maximum atomic E-state index is 11.4. The van der Waals surface area contributed by atoms with Crippen molar-refractivity contribution in [2.24, 2.45) is 0 Å². The normalized spacial score (nSPS) is 12.0. The second kappa shape index (κ2) is 6.83. The molecule has 0 radical (unpaired) electrons. The van der Waals surface area contributed by atoms with Crippen molar-refractivity contribution in [1.82, 2.24) is 0 Å². The van der Waals surface area contributed by atoms with Gasteiger partial charge in [-0.25, -0.2) is 4.79 Å². The Labute approximate surface area is 133 Å². The number of aliphatic carboxylic acids is 1. The third-order valence-corrected chi connectivity index (χ3v) is 3.57. The largest absolute Gasteiger partial charge is 0.478 e. The SMILES string of the molecule is Cc1ccc(Cl)cc1C[C@H](Oc1ccc(Cl)cc1)C(=O)O. The van der Waals surface area contributed by atoms with E-state index in [2.05, 4.69) is 0 Å². The summed E-state index contributed by atoms with van der Waals surface area (Å²) >= 11 is 11.7. The number of hydrogen-bond donors (Lipinski definition) is 1. The lowest BCUT2D eigenvalue weighted by molar-refractivity contribution is -0.145. The highest BCUT2D eigenvalue weighted by molar-refractivity contribution is 6.30. The van der Waals surface area contributed by atoms with Crippen molar-refractivity contribution in [3.63, 3.8) is 0 Å². The first-order valence-corrected chi connectivity index (χ1v) is 7.11. The Kier molecular flexibility index (Phi) is 5.10. The van der Waals surface area contributed by atoms with Crippen LogP contribution in [0.1, 0.15) is 11.1 Å². The summed E-state index contributed by atoms with van der Waals surface area (Å²) in [5, 5.41) is 10.5. The van der Waals surface area contributed by atoms with Crippen molar-refractivity contribution in [3.05, 3.63) is 63.6 Å². The molecule has 21 heavy (non-hydrogen) atoms. The Hall–Kier alpha value is -1.71. The average Bonchev–Trinajstić information content (AvgIpc) is 2.44. The van der Waals surface area contributed by atoms with Gasteiger partial charge in [-0.05, 0) is 54.4 Å². The Morgan fingerprint density at radius 3 is 2.38 bits per heavy atom. The predicted octanol–water partition coefficient (Wildman–Crippen LogP) is 4.38. The molecule has 3 nitrogen and oxygen atoms in total. The first-order valence-electron chi connectivity index (χ1n) is 6.36. The maximum Gasteiger partial charge on any atom is 0.345 e. The summed E-state index contributed by atoms with van der Waals surface area (Å²) in [7, 11) is 0. The molecule has 0 bridgehead atoms. The van der Waals surface area contributed by atoms with Crippen LogP contribution in [0.15, 0.2) is 42.5 Å². The lowest BCUT2D eigenvalue weighted by atomic mass is 10.0. The zero-order chi connectivity index (χ0) is 15.4. The maximum absolute atomic E-state index is 11.4. The van der Waals surface area contributed by atoms with Crippen molar-refractivity contribution in [1.29, 1.82) is 0 Å². The number of carbonyl (C=O) groups is 1. The van der Waals surface area contributed by atoms with Crippen LogP contribution in [-0.2, 0) is 11.2 Å². The van der Waals surface area contributed by atoms with Gasteiger partial charge in [0.2, 0.25) is 0 Å². The first kappa shape index (κ1) is 15.7. The molecule has 0 saturated heterocycles. The summed E-state index contributed by atoms with van der Waals surface area (Å²) in [6.07, 6.45) is -0.743. The van der Waals surface area contributed by atoms with Gasteiger partial charge in [0.15, 0.2) is 6.10 Å². The lowest BCUT2D eigenvalue weighted by Crippen LogP contribution is -2.29. The van der Waals surface area contributed by atoms with Crippen LogP contribution in [-0.4, -0.2) is 17.2 Å². The van der Waals surface area contributed by atoms with Crippen molar-refractivity contribution in [2.75, 3.05) is 0 Å². The summed E-state index contributed by atoms with van der Waals surface area (Å²) in [6, 6.07) is 12.0. The molecule has 0 aromatic heterocycles. The van der Waals surface area contributed by atoms with Crippen LogP contribution < -0.4 is 4.74 Å². The minimum absolute atomic E-state index is 0.240. The molecule has 2 aromatic carbocycles. The second-order valence-electron chi connectivity index (χ2n) is 4.67. The molecule has 2 rings (SSSR count). The van der Waals surface area contributed by atoms with Crippen molar-refractivity contribution in [2.45, 2.75) is 19.4 Å². The van der Waals surface area contributed by atoms with E-state index in [-0.39, 0.29) is 6.42 Å². The predicted molar refractivity (Wildman–Crippen MR) is 83.4 cm³/mol. The van der Waals surface area contributed by atoms with Crippen molar-refractivity contribution in [3.8, 4) is 5.75 Å². The third-order valence-electron chi connectivity index (χ3n) is 3.08. The number of ether oxygens (including phenoxy) is 1. The number of carboxylic acids is 1. The van der Waals surface area contributed by atoms with E-state index in [1.807, 2.05) is 13.0 Å². The zero-order valence-corrected chi connectivity index (χ0v) is 12.9. The Morgan fingerprint density at radius 2 is 1.76 bits per heavy atom. The van der Waals surface area contributed by atoms with Gasteiger partial charge < -0.3 is 9.84 Å². The minimum Gasteiger partial charge on any atom is -0.478 e. The van der Waals surface area contributed by atoms with Crippen LogP contribution in [0.5, 0.6) is 5.75 Å². The summed E-state index contributed by atoms with van der Waals surface area (Å²) in [6.45, 7) is 1.91. The first-order chi connectivity index (χ1) is 9.95. The van der Waals surface area contributed by atoms with E-state index in [9.17, 15) is 9.90 Å². The Balaban J connectivity index is 2.17. The second-order valence-corrected chi connectivity index (χ2v) is 5.55. The van der Waals surface area contributed by atoms with Gasteiger partial charge in [-0.15, -0.1) is 0 Å². The topological polar surface area (TPSA) is 46.5 Å².